The van der Waals surface area contributed by atoms with Crippen LogP contribution in [0, 0.1) is 6.92 Å². The van der Waals surface area contributed by atoms with E-state index >= 15 is 0 Å². The third-order valence-electron chi connectivity index (χ3n) is 3.13. The Balaban J connectivity index is 2.21. The van der Waals surface area contributed by atoms with Crippen LogP contribution in [-0.2, 0) is 6.54 Å². The molecular formula is C14H14ClN3S. The van der Waals surface area contributed by atoms with E-state index in [0.29, 0.717) is 0 Å². The standard InChI is InChI=1S/C14H14ClN3S/c1-9-4-3-5-11-13(9)18(14(17-11)10(2)15)8-12-16-6-7-19-12/h3-7,10H,8H2,1-2H3. The highest BCUT2D eigenvalue weighted by molar-refractivity contribution is 7.09. The Morgan fingerprint density at radius 2 is 2.26 bits per heavy atom. The van der Waals surface area contributed by atoms with Gasteiger partial charge in [-0.05, 0) is 25.5 Å². The predicted octanol–water partition coefficient (Wildman–Crippen LogP) is 4.15. The second kappa shape index (κ2) is 4.94. The zero-order valence-corrected chi connectivity index (χ0v) is 12.4. The van der Waals surface area contributed by atoms with Gasteiger partial charge in [-0.2, -0.15) is 0 Å². The van der Waals surface area contributed by atoms with Crippen LogP contribution in [0.4, 0.5) is 0 Å². The van der Waals surface area contributed by atoms with E-state index in [0.717, 1.165) is 28.4 Å². The summed E-state index contributed by atoms with van der Waals surface area (Å²) >= 11 is 7.93. The molecule has 0 aliphatic rings. The third kappa shape index (κ3) is 2.26. The monoisotopic (exact) mass is 291 g/mol. The highest BCUT2D eigenvalue weighted by Gasteiger charge is 2.16. The number of nitrogens with zero attached hydrogens (tertiary/aromatic N) is 3. The summed E-state index contributed by atoms with van der Waals surface area (Å²) in [4.78, 5) is 9.02. The molecule has 2 aromatic heterocycles. The van der Waals surface area contributed by atoms with Crippen LogP contribution in [0.1, 0.15) is 28.7 Å². The molecule has 0 N–H and O–H groups in total. The molecule has 0 amide bonds. The van der Waals surface area contributed by atoms with Crippen molar-refractivity contribution in [2.24, 2.45) is 0 Å². The van der Waals surface area contributed by atoms with Gasteiger partial charge in [0.05, 0.1) is 23.0 Å². The Labute approximate surface area is 120 Å². The molecule has 0 aliphatic carbocycles. The molecule has 0 saturated carbocycles. The molecule has 0 fully saturated rings. The van der Waals surface area contributed by atoms with Gasteiger partial charge in [0.1, 0.15) is 10.8 Å². The number of aromatic nitrogens is 3. The fourth-order valence-corrected chi connectivity index (χ4v) is 3.08. The Morgan fingerprint density at radius 1 is 1.42 bits per heavy atom. The van der Waals surface area contributed by atoms with Crippen LogP contribution in [0.2, 0.25) is 0 Å². The predicted molar refractivity (Wildman–Crippen MR) is 80.0 cm³/mol. The van der Waals surface area contributed by atoms with Crippen LogP contribution in [0.5, 0.6) is 0 Å². The van der Waals surface area contributed by atoms with Crippen LogP contribution >= 0.6 is 22.9 Å². The minimum Gasteiger partial charge on any atom is -0.320 e. The third-order valence-corrected chi connectivity index (χ3v) is 4.09. The van der Waals surface area contributed by atoms with Crippen LogP contribution in [0.15, 0.2) is 29.8 Å². The van der Waals surface area contributed by atoms with Crippen molar-refractivity contribution in [1.29, 1.82) is 0 Å². The first-order valence-corrected chi connectivity index (χ1v) is 7.46. The van der Waals surface area contributed by atoms with Gasteiger partial charge in [-0.3, -0.25) is 0 Å². The highest BCUT2D eigenvalue weighted by atomic mass is 35.5. The topological polar surface area (TPSA) is 30.7 Å². The van der Waals surface area contributed by atoms with Crippen LogP contribution in [-0.4, -0.2) is 14.5 Å². The van der Waals surface area contributed by atoms with Crippen LogP contribution in [0.25, 0.3) is 11.0 Å². The van der Waals surface area contributed by atoms with Crippen molar-refractivity contribution >= 4 is 34.0 Å². The maximum absolute atomic E-state index is 6.27. The first-order valence-electron chi connectivity index (χ1n) is 6.15. The highest BCUT2D eigenvalue weighted by Crippen LogP contribution is 2.27. The molecule has 3 nitrogen and oxygen atoms in total. The van der Waals surface area contributed by atoms with Crippen LogP contribution in [0.3, 0.4) is 0 Å². The van der Waals surface area contributed by atoms with Crippen molar-refractivity contribution in [3.8, 4) is 0 Å². The normalized spacial score (nSPS) is 13.0. The summed E-state index contributed by atoms with van der Waals surface area (Å²) in [5.41, 5.74) is 3.37. The van der Waals surface area contributed by atoms with Gasteiger partial charge in [0.25, 0.3) is 0 Å². The second-order valence-electron chi connectivity index (χ2n) is 4.54. The summed E-state index contributed by atoms with van der Waals surface area (Å²) in [6.07, 6.45) is 1.83. The first-order chi connectivity index (χ1) is 9.16. The number of imidazole rings is 1. The van der Waals surface area contributed by atoms with Crippen LogP contribution < -0.4 is 0 Å². The molecule has 5 heteroatoms. The van der Waals surface area contributed by atoms with E-state index in [-0.39, 0.29) is 5.38 Å². The molecule has 3 aromatic rings. The van der Waals surface area contributed by atoms with Gasteiger partial charge in [-0.15, -0.1) is 22.9 Å². The number of aryl methyl sites for hydroxylation is 1. The Bertz CT molecular complexity index is 701. The SMILES string of the molecule is Cc1cccc2nc(C(C)Cl)n(Cc3nccs3)c12. The van der Waals surface area contributed by atoms with Crippen molar-refractivity contribution in [3.63, 3.8) is 0 Å². The molecule has 3 rings (SSSR count). The molecular weight excluding hydrogens is 278 g/mol. The number of halogens is 1. The van der Waals surface area contributed by atoms with Crippen molar-refractivity contribution in [2.45, 2.75) is 25.8 Å². The van der Waals surface area contributed by atoms with Crippen molar-refractivity contribution < 1.29 is 0 Å². The van der Waals surface area contributed by atoms with Gasteiger partial charge in [-0.1, -0.05) is 12.1 Å². The van der Waals surface area contributed by atoms with Crippen molar-refractivity contribution in [1.82, 2.24) is 14.5 Å². The molecule has 98 valence electrons. The molecule has 19 heavy (non-hydrogen) atoms. The maximum Gasteiger partial charge on any atom is 0.128 e. The van der Waals surface area contributed by atoms with E-state index in [1.165, 1.54) is 5.56 Å². The van der Waals surface area contributed by atoms with E-state index < -0.39 is 0 Å². The number of rotatable bonds is 3. The lowest BCUT2D eigenvalue weighted by Crippen LogP contribution is -2.06. The average molecular weight is 292 g/mol. The number of fused-ring (bicyclic) bond motifs is 1. The number of benzene rings is 1. The molecule has 2 heterocycles. The molecule has 0 spiro atoms. The minimum atomic E-state index is -0.119. The molecule has 1 aromatic carbocycles. The van der Waals surface area contributed by atoms with Gasteiger partial charge in [0, 0.05) is 11.6 Å². The summed E-state index contributed by atoms with van der Waals surface area (Å²) in [7, 11) is 0. The second-order valence-corrected chi connectivity index (χ2v) is 6.17. The fourth-order valence-electron chi connectivity index (χ4n) is 2.31. The zero-order valence-electron chi connectivity index (χ0n) is 10.8. The molecule has 0 bridgehead atoms. The lowest BCUT2D eigenvalue weighted by atomic mass is 10.2. The number of alkyl halides is 1. The summed E-state index contributed by atoms with van der Waals surface area (Å²) in [6.45, 7) is 4.78. The molecule has 1 atom stereocenters. The fraction of sp³-hybridized carbons (Fsp3) is 0.286. The van der Waals surface area contributed by atoms with E-state index in [2.05, 4.69) is 27.5 Å². The smallest absolute Gasteiger partial charge is 0.128 e. The van der Waals surface area contributed by atoms with E-state index in [4.69, 9.17) is 11.6 Å². The minimum absolute atomic E-state index is 0.119. The summed E-state index contributed by atoms with van der Waals surface area (Å²) in [5.74, 6) is 0.904. The number of para-hydroxylation sites is 1. The quantitative estimate of drug-likeness (QED) is 0.679. The molecule has 0 aliphatic heterocycles. The van der Waals surface area contributed by atoms with Gasteiger partial charge >= 0.3 is 0 Å². The summed E-state index contributed by atoms with van der Waals surface area (Å²) < 4.78 is 2.18. The average Bonchev–Trinajstić information content (AvgIpc) is 2.98. The summed E-state index contributed by atoms with van der Waals surface area (Å²) in [5, 5.41) is 2.94. The van der Waals surface area contributed by atoms with E-state index in [1.807, 2.05) is 30.6 Å². The van der Waals surface area contributed by atoms with Crippen molar-refractivity contribution in [3.05, 3.63) is 46.2 Å². The number of hydrogen-bond donors (Lipinski definition) is 0. The maximum atomic E-state index is 6.27. The Kier molecular flexibility index (Phi) is 3.29. The summed E-state index contributed by atoms with van der Waals surface area (Å²) in [6, 6.07) is 6.16. The Hall–Kier alpha value is -1.39. The van der Waals surface area contributed by atoms with Gasteiger partial charge in [0.2, 0.25) is 0 Å². The van der Waals surface area contributed by atoms with Crippen molar-refractivity contribution in [2.75, 3.05) is 0 Å². The van der Waals surface area contributed by atoms with Gasteiger partial charge < -0.3 is 4.57 Å². The molecule has 0 radical (unpaired) electrons. The van der Waals surface area contributed by atoms with E-state index in [1.54, 1.807) is 11.3 Å². The lowest BCUT2D eigenvalue weighted by Gasteiger charge is -2.09. The molecule has 0 saturated heterocycles. The largest absolute Gasteiger partial charge is 0.320 e. The van der Waals surface area contributed by atoms with E-state index in [9.17, 15) is 0 Å². The van der Waals surface area contributed by atoms with Gasteiger partial charge in [-0.25, -0.2) is 9.97 Å². The number of thiazole rings is 1. The first kappa shape index (κ1) is 12.6. The van der Waals surface area contributed by atoms with Gasteiger partial charge in [0.15, 0.2) is 0 Å². The zero-order chi connectivity index (χ0) is 13.4. The number of hydrogen-bond acceptors (Lipinski definition) is 3. The Morgan fingerprint density at radius 3 is 2.95 bits per heavy atom. The lowest BCUT2D eigenvalue weighted by molar-refractivity contribution is 0.737. The molecule has 1 unspecified atom stereocenters.